The minimum absolute atomic E-state index is 0.0761. The van der Waals surface area contributed by atoms with Gasteiger partial charge in [-0.05, 0) is 18.4 Å². The number of carbonyl (C=O) groups is 1. The number of rotatable bonds is 5. The summed E-state index contributed by atoms with van der Waals surface area (Å²) in [5, 5.41) is 4.30. The van der Waals surface area contributed by atoms with Crippen LogP contribution in [0.3, 0.4) is 0 Å². The lowest BCUT2D eigenvalue weighted by atomic mass is 10.0. The van der Waals surface area contributed by atoms with Crippen molar-refractivity contribution in [3.8, 4) is 0 Å². The Morgan fingerprint density at radius 1 is 1.28 bits per heavy atom. The van der Waals surface area contributed by atoms with E-state index in [1.807, 2.05) is 4.90 Å². The van der Waals surface area contributed by atoms with E-state index in [1.54, 1.807) is 6.07 Å². The third kappa shape index (κ3) is 4.10. The van der Waals surface area contributed by atoms with Crippen molar-refractivity contribution < 1.29 is 9.53 Å². The Morgan fingerprint density at radius 2 is 2.04 bits per heavy atom. The largest absolute Gasteiger partial charge is 0.379 e. The molecule has 1 amide bonds. The molecule has 0 spiro atoms. The maximum absolute atomic E-state index is 12.9. The third-order valence-corrected chi connectivity index (χ3v) is 5.18. The van der Waals surface area contributed by atoms with Crippen LogP contribution in [0.15, 0.2) is 16.9 Å². The first-order valence-electron chi connectivity index (χ1n) is 9.29. The predicted molar refractivity (Wildman–Crippen MR) is 94.7 cm³/mol. The van der Waals surface area contributed by atoms with Gasteiger partial charge in [-0.2, -0.15) is 5.10 Å². The molecule has 0 radical (unpaired) electrons. The molecule has 7 heteroatoms. The van der Waals surface area contributed by atoms with Crippen LogP contribution < -0.4 is 5.56 Å². The molecule has 0 aliphatic carbocycles. The molecule has 2 aliphatic heterocycles. The Balaban J connectivity index is 1.69. The van der Waals surface area contributed by atoms with Crippen molar-refractivity contribution in [2.24, 2.45) is 5.92 Å². The van der Waals surface area contributed by atoms with E-state index in [0.717, 1.165) is 52.2 Å². The summed E-state index contributed by atoms with van der Waals surface area (Å²) in [5.74, 6) is 0.348. The molecular weight excluding hydrogens is 320 g/mol. The van der Waals surface area contributed by atoms with Gasteiger partial charge in [-0.1, -0.05) is 20.3 Å². The summed E-state index contributed by atoms with van der Waals surface area (Å²) in [5.41, 5.74) is 0.219. The van der Waals surface area contributed by atoms with Crippen molar-refractivity contribution in [3.05, 3.63) is 28.2 Å². The molecule has 3 heterocycles. The van der Waals surface area contributed by atoms with Crippen molar-refractivity contribution in [1.82, 2.24) is 19.6 Å². The normalized spacial score (nSPS) is 24.6. The molecule has 7 nitrogen and oxygen atoms in total. The number of hydrogen-bond acceptors (Lipinski definition) is 5. The molecule has 3 rings (SSSR count). The van der Waals surface area contributed by atoms with Crippen molar-refractivity contribution in [1.29, 1.82) is 0 Å². The second-order valence-corrected chi connectivity index (χ2v) is 7.04. The van der Waals surface area contributed by atoms with Crippen LogP contribution in [0.5, 0.6) is 0 Å². The molecule has 0 aromatic carbocycles. The van der Waals surface area contributed by atoms with Gasteiger partial charge in [-0.15, -0.1) is 0 Å². The van der Waals surface area contributed by atoms with E-state index < -0.39 is 0 Å². The van der Waals surface area contributed by atoms with Crippen LogP contribution in [0.2, 0.25) is 0 Å². The van der Waals surface area contributed by atoms with Crippen LogP contribution in [-0.2, 0) is 11.3 Å². The predicted octanol–water partition coefficient (Wildman–Crippen LogP) is 0.836. The lowest BCUT2D eigenvalue weighted by molar-refractivity contribution is 0.0119. The minimum atomic E-state index is -0.147. The van der Waals surface area contributed by atoms with Crippen LogP contribution in [-0.4, -0.2) is 70.9 Å². The number of unbranched alkanes of at least 4 members (excludes halogenated alkanes) is 1. The van der Waals surface area contributed by atoms with E-state index in [0.29, 0.717) is 24.2 Å². The van der Waals surface area contributed by atoms with E-state index in [1.165, 1.54) is 10.7 Å². The topological polar surface area (TPSA) is 67.7 Å². The van der Waals surface area contributed by atoms with Gasteiger partial charge in [0.2, 0.25) is 0 Å². The van der Waals surface area contributed by atoms with Gasteiger partial charge < -0.3 is 9.64 Å². The molecule has 0 bridgehead atoms. The number of hydrogen-bond donors (Lipinski definition) is 0. The quantitative estimate of drug-likeness (QED) is 0.789. The summed E-state index contributed by atoms with van der Waals surface area (Å²) in [6.45, 7) is 9.66. The second-order valence-electron chi connectivity index (χ2n) is 7.04. The standard InChI is InChI=1S/C18H28N4O3/c1-3-4-7-22-17(23)6-5-15(19-22)18(24)21-12-14(2)16(13-21)20-8-10-25-11-9-20/h5-6,14,16H,3-4,7-13H2,1-2H3/t14-,16+/m0/s1. The summed E-state index contributed by atoms with van der Waals surface area (Å²) in [6.07, 6.45) is 1.86. The number of morpholine rings is 1. The average molecular weight is 348 g/mol. The lowest BCUT2D eigenvalue weighted by Gasteiger charge is -2.33. The van der Waals surface area contributed by atoms with Crippen LogP contribution >= 0.6 is 0 Å². The van der Waals surface area contributed by atoms with Gasteiger partial charge in [-0.3, -0.25) is 14.5 Å². The first kappa shape index (κ1) is 18.1. The molecule has 2 atom stereocenters. The summed E-state index contributed by atoms with van der Waals surface area (Å²) in [4.78, 5) is 29.1. The second kappa shape index (κ2) is 8.10. The first-order chi connectivity index (χ1) is 12.1. The fraction of sp³-hybridized carbons (Fsp3) is 0.722. The van der Waals surface area contributed by atoms with Crippen LogP contribution in [0.25, 0.3) is 0 Å². The zero-order valence-electron chi connectivity index (χ0n) is 15.2. The first-order valence-corrected chi connectivity index (χ1v) is 9.29. The SMILES string of the molecule is CCCCn1nc(C(=O)N2C[C@@H](N3CCOCC3)[C@@H](C)C2)ccc1=O. The molecule has 2 aliphatic rings. The zero-order valence-corrected chi connectivity index (χ0v) is 15.2. The molecule has 2 fully saturated rings. The number of aryl methyl sites for hydroxylation is 1. The number of nitrogens with zero attached hydrogens (tertiary/aromatic N) is 4. The van der Waals surface area contributed by atoms with Gasteiger partial charge in [0.25, 0.3) is 11.5 Å². The highest BCUT2D eigenvalue weighted by atomic mass is 16.5. The van der Waals surface area contributed by atoms with Gasteiger partial charge >= 0.3 is 0 Å². The van der Waals surface area contributed by atoms with Crippen LogP contribution in [0.4, 0.5) is 0 Å². The number of ether oxygens (including phenoxy) is 1. The maximum atomic E-state index is 12.9. The van der Waals surface area contributed by atoms with Crippen molar-refractivity contribution in [2.45, 2.75) is 39.3 Å². The highest BCUT2D eigenvalue weighted by Crippen LogP contribution is 2.23. The molecule has 1 aromatic heterocycles. The third-order valence-electron chi connectivity index (χ3n) is 5.18. The Morgan fingerprint density at radius 3 is 2.76 bits per heavy atom. The van der Waals surface area contributed by atoms with Crippen molar-refractivity contribution >= 4 is 5.91 Å². The molecule has 25 heavy (non-hydrogen) atoms. The fourth-order valence-electron chi connectivity index (χ4n) is 3.69. The molecule has 0 N–H and O–H groups in total. The highest BCUT2D eigenvalue weighted by Gasteiger charge is 2.37. The lowest BCUT2D eigenvalue weighted by Crippen LogP contribution is -2.47. The number of likely N-dealkylation sites (tertiary alicyclic amines) is 1. The van der Waals surface area contributed by atoms with Gasteiger partial charge in [0.1, 0.15) is 5.69 Å². The van der Waals surface area contributed by atoms with Gasteiger partial charge in [0.15, 0.2) is 0 Å². The minimum Gasteiger partial charge on any atom is -0.379 e. The van der Waals surface area contributed by atoms with E-state index in [-0.39, 0.29) is 11.5 Å². The number of carbonyl (C=O) groups excluding carboxylic acids is 1. The maximum Gasteiger partial charge on any atom is 0.274 e. The van der Waals surface area contributed by atoms with Gasteiger partial charge in [0, 0.05) is 44.8 Å². The molecular formula is C18H28N4O3. The fourth-order valence-corrected chi connectivity index (χ4v) is 3.69. The van der Waals surface area contributed by atoms with Gasteiger partial charge in [-0.25, -0.2) is 4.68 Å². The summed E-state index contributed by atoms with van der Waals surface area (Å²) in [6, 6.07) is 3.38. The molecule has 0 unspecified atom stereocenters. The monoisotopic (exact) mass is 348 g/mol. The molecule has 2 saturated heterocycles. The summed E-state index contributed by atoms with van der Waals surface area (Å²) < 4.78 is 6.84. The van der Waals surface area contributed by atoms with Gasteiger partial charge in [0.05, 0.1) is 13.2 Å². The van der Waals surface area contributed by atoms with E-state index in [2.05, 4.69) is 23.8 Å². The van der Waals surface area contributed by atoms with Crippen LogP contribution in [0, 0.1) is 5.92 Å². The number of amides is 1. The van der Waals surface area contributed by atoms with Crippen LogP contribution in [0.1, 0.15) is 37.2 Å². The Hall–Kier alpha value is -1.73. The zero-order chi connectivity index (χ0) is 17.8. The average Bonchev–Trinajstić information content (AvgIpc) is 3.03. The van der Waals surface area contributed by atoms with E-state index in [9.17, 15) is 9.59 Å². The smallest absolute Gasteiger partial charge is 0.274 e. The molecule has 138 valence electrons. The molecule has 1 aromatic rings. The Bertz CT molecular complexity index is 654. The molecule has 0 saturated carbocycles. The Kier molecular flexibility index (Phi) is 5.86. The number of aromatic nitrogens is 2. The summed E-state index contributed by atoms with van der Waals surface area (Å²) in [7, 11) is 0. The Labute approximate surface area is 148 Å². The van der Waals surface area contributed by atoms with Crippen molar-refractivity contribution in [3.63, 3.8) is 0 Å². The highest BCUT2D eigenvalue weighted by molar-refractivity contribution is 5.92. The van der Waals surface area contributed by atoms with Crippen molar-refractivity contribution in [2.75, 3.05) is 39.4 Å². The van der Waals surface area contributed by atoms with E-state index >= 15 is 0 Å². The van der Waals surface area contributed by atoms with E-state index in [4.69, 9.17) is 4.74 Å². The summed E-state index contributed by atoms with van der Waals surface area (Å²) >= 11 is 0.